The Morgan fingerprint density at radius 3 is 2.47 bits per heavy atom. The van der Waals surface area contributed by atoms with Crippen LogP contribution in [-0.2, 0) is 11.3 Å². The van der Waals surface area contributed by atoms with Crippen LogP contribution in [0.3, 0.4) is 0 Å². The van der Waals surface area contributed by atoms with E-state index in [0.29, 0.717) is 23.0 Å². The summed E-state index contributed by atoms with van der Waals surface area (Å²) in [6.07, 6.45) is 0. The third-order valence-corrected chi connectivity index (χ3v) is 4.69. The molecular formula is C24H19F2N3O3. The van der Waals surface area contributed by atoms with E-state index < -0.39 is 17.5 Å². The molecule has 32 heavy (non-hydrogen) atoms. The van der Waals surface area contributed by atoms with E-state index in [0.717, 1.165) is 29.3 Å². The number of halogens is 2. The highest BCUT2D eigenvalue weighted by molar-refractivity contribution is 5.77. The maximum absolute atomic E-state index is 13.6. The Labute approximate surface area is 182 Å². The molecule has 0 radical (unpaired) electrons. The fourth-order valence-corrected chi connectivity index (χ4v) is 2.93. The van der Waals surface area contributed by atoms with Crippen molar-refractivity contribution in [2.75, 3.05) is 6.61 Å². The van der Waals surface area contributed by atoms with Crippen molar-refractivity contribution in [2.45, 2.75) is 13.5 Å². The van der Waals surface area contributed by atoms with Gasteiger partial charge in [0.2, 0.25) is 5.82 Å². The second-order valence-corrected chi connectivity index (χ2v) is 7.11. The number of nitrogens with zero attached hydrogens (tertiary/aromatic N) is 2. The van der Waals surface area contributed by atoms with Crippen LogP contribution in [0.25, 0.3) is 22.8 Å². The monoisotopic (exact) mass is 435 g/mol. The van der Waals surface area contributed by atoms with Crippen molar-refractivity contribution >= 4 is 5.91 Å². The van der Waals surface area contributed by atoms with E-state index in [1.54, 1.807) is 24.3 Å². The molecule has 1 amide bonds. The summed E-state index contributed by atoms with van der Waals surface area (Å²) in [7, 11) is 0. The van der Waals surface area contributed by atoms with Crippen LogP contribution in [-0.4, -0.2) is 22.7 Å². The molecule has 1 N–H and O–H groups in total. The van der Waals surface area contributed by atoms with E-state index in [-0.39, 0.29) is 18.7 Å². The Morgan fingerprint density at radius 2 is 1.72 bits per heavy atom. The van der Waals surface area contributed by atoms with Gasteiger partial charge in [-0.1, -0.05) is 35.0 Å². The minimum absolute atomic E-state index is 0.0623. The van der Waals surface area contributed by atoms with Gasteiger partial charge in [0.1, 0.15) is 17.4 Å². The lowest BCUT2D eigenvalue weighted by Crippen LogP contribution is -2.28. The molecule has 8 heteroatoms. The summed E-state index contributed by atoms with van der Waals surface area (Å²) >= 11 is 0. The van der Waals surface area contributed by atoms with E-state index in [1.165, 1.54) is 0 Å². The number of rotatable bonds is 7. The Balaban J connectivity index is 1.31. The van der Waals surface area contributed by atoms with Crippen LogP contribution in [0.5, 0.6) is 5.75 Å². The average molecular weight is 435 g/mol. The summed E-state index contributed by atoms with van der Waals surface area (Å²) in [5.74, 6) is -0.306. The molecular weight excluding hydrogens is 416 g/mol. The maximum Gasteiger partial charge on any atom is 0.258 e. The first-order chi connectivity index (χ1) is 15.5. The maximum atomic E-state index is 13.6. The first-order valence-corrected chi connectivity index (χ1v) is 9.82. The number of amides is 1. The normalized spacial score (nSPS) is 10.7. The number of benzene rings is 3. The van der Waals surface area contributed by atoms with Crippen LogP contribution < -0.4 is 10.1 Å². The number of nitrogens with one attached hydrogen (secondary N) is 1. The van der Waals surface area contributed by atoms with Crippen molar-refractivity contribution in [2.24, 2.45) is 0 Å². The number of aromatic nitrogens is 2. The Kier molecular flexibility index (Phi) is 6.21. The van der Waals surface area contributed by atoms with Gasteiger partial charge in [-0.05, 0) is 49.4 Å². The van der Waals surface area contributed by atoms with Crippen molar-refractivity contribution < 1.29 is 22.8 Å². The molecule has 0 atom stereocenters. The zero-order chi connectivity index (χ0) is 22.5. The Bertz CT molecular complexity index is 1220. The van der Waals surface area contributed by atoms with Gasteiger partial charge in [-0.25, -0.2) is 8.78 Å². The summed E-state index contributed by atoms with van der Waals surface area (Å²) in [5, 5.41) is 6.50. The van der Waals surface area contributed by atoms with Crippen molar-refractivity contribution in [1.82, 2.24) is 15.5 Å². The van der Waals surface area contributed by atoms with Gasteiger partial charge in [0.25, 0.3) is 11.8 Å². The number of ether oxygens (including phenoxy) is 1. The van der Waals surface area contributed by atoms with Crippen LogP contribution in [0.1, 0.15) is 11.1 Å². The van der Waals surface area contributed by atoms with Crippen LogP contribution in [0.15, 0.2) is 71.3 Å². The zero-order valence-corrected chi connectivity index (χ0v) is 17.1. The summed E-state index contributed by atoms with van der Waals surface area (Å²) in [5.41, 5.74) is 2.76. The number of aryl methyl sites for hydroxylation is 1. The summed E-state index contributed by atoms with van der Waals surface area (Å²) in [6.45, 7) is 1.60. The molecule has 6 nitrogen and oxygen atoms in total. The molecule has 1 heterocycles. The van der Waals surface area contributed by atoms with Gasteiger partial charge in [0.15, 0.2) is 6.61 Å². The fraction of sp³-hybridized carbons (Fsp3) is 0.125. The Hall–Kier alpha value is -4.07. The molecule has 3 aromatic carbocycles. The standard InChI is InChI=1S/C24H19F2N3O3/c1-15-2-4-16(5-3-15)23-28-24(32-29-23)17-6-9-20(10-7-17)31-14-22(30)27-13-18-12-19(25)8-11-21(18)26/h2-12H,13-14H2,1H3,(H,27,30). The molecule has 162 valence electrons. The number of hydrogen-bond acceptors (Lipinski definition) is 5. The van der Waals surface area contributed by atoms with Crippen LogP contribution in [0, 0.1) is 18.6 Å². The second kappa shape index (κ2) is 9.38. The second-order valence-electron chi connectivity index (χ2n) is 7.11. The summed E-state index contributed by atoms with van der Waals surface area (Å²) in [4.78, 5) is 16.4. The van der Waals surface area contributed by atoms with Crippen LogP contribution in [0.4, 0.5) is 8.78 Å². The van der Waals surface area contributed by atoms with Gasteiger partial charge >= 0.3 is 0 Å². The molecule has 0 saturated carbocycles. The molecule has 0 saturated heterocycles. The molecule has 0 unspecified atom stereocenters. The lowest BCUT2D eigenvalue weighted by atomic mass is 10.1. The van der Waals surface area contributed by atoms with Crippen molar-refractivity contribution in [3.63, 3.8) is 0 Å². The molecule has 0 aliphatic heterocycles. The molecule has 1 aromatic heterocycles. The van der Waals surface area contributed by atoms with Gasteiger partial charge in [0, 0.05) is 23.2 Å². The third kappa shape index (κ3) is 5.15. The quantitative estimate of drug-likeness (QED) is 0.456. The number of hydrogen-bond donors (Lipinski definition) is 1. The lowest BCUT2D eigenvalue weighted by Gasteiger charge is -2.08. The third-order valence-electron chi connectivity index (χ3n) is 4.69. The largest absolute Gasteiger partial charge is 0.484 e. The fourth-order valence-electron chi connectivity index (χ4n) is 2.93. The van der Waals surface area contributed by atoms with Gasteiger partial charge in [-0.15, -0.1) is 0 Å². The summed E-state index contributed by atoms with van der Waals surface area (Å²) < 4.78 is 37.6. The predicted molar refractivity (Wildman–Crippen MR) is 114 cm³/mol. The molecule has 0 bridgehead atoms. The van der Waals surface area contributed by atoms with Crippen molar-refractivity contribution in [3.8, 4) is 28.6 Å². The first-order valence-electron chi connectivity index (χ1n) is 9.82. The van der Waals surface area contributed by atoms with Gasteiger partial charge in [-0.3, -0.25) is 4.79 Å². The highest BCUT2D eigenvalue weighted by atomic mass is 19.1. The van der Waals surface area contributed by atoms with E-state index in [1.807, 2.05) is 31.2 Å². The van der Waals surface area contributed by atoms with Crippen LogP contribution in [0.2, 0.25) is 0 Å². The van der Waals surface area contributed by atoms with Crippen LogP contribution >= 0.6 is 0 Å². The van der Waals surface area contributed by atoms with E-state index in [4.69, 9.17) is 9.26 Å². The number of carbonyl (C=O) groups excluding carboxylic acids is 1. The highest BCUT2D eigenvalue weighted by Crippen LogP contribution is 2.24. The minimum Gasteiger partial charge on any atom is -0.484 e. The topological polar surface area (TPSA) is 77.2 Å². The minimum atomic E-state index is -0.588. The van der Waals surface area contributed by atoms with E-state index in [9.17, 15) is 13.6 Å². The lowest BCUT2D eigenvalue weighted by molar-refractivity contribution is -0.123. The average Bonchev–Trinajstić information content (AvgIpc) is 3.29. The van der Waals surface area contributed by atoms with Gasteiger partial charge in [-0.2, -0.15) is 4.98 Å². The SMILES string of the molecule is Cc1ccc(-c2noc(-c3ccc(OCC(=O)NCc4cc(F)ccc4F)cc3)n2)cc1. The van der Waals surface area contributed by atoms with Crippen molar-refractivity contribution in [3.05, 3.63) is 89.5 Å². The molecule has 0 aliphatic rings. The van der Waals surface area contributed by atoms with Gasteiger partial charge in [0.05, 0.1) is 0 Å². The molecule has 4 rings (SSSR count). The van der Waals surface area contributed by atoms with E-state index >= 15 is 0 Å². The smallest absolute Gasteiger partial charge is 0.258 e. The predicted octanol–water partition coefficient (Wildman–Crippen LogP) is 4.69. The molecule has 4 aromatic rings. The Morgan fingerprint density at radius 1 is 1.00 bits per heavy atom. The zero-order valence-electron chi connectivity index (χ0n) is 17.1. The summed E-state index contributed by atoms with van der Waals surface area (Å²) in [6, 6.07) is 17.7. The van der Waals surface area contributed by atoms with E-state index in [2.05, 4.69) is 15.5 Å². The highest BCUT2D eigenvalue weighted by Gasteiger charge is 2.11. The molecule has 0 fully saturated rings. The molecule has 0 spiro atoms. The first kappa shape index (κ1) is 21.2. The van der Waals surface area contributed by atoms with Gasteiger partial charge < -0.3 is 14.6 Å². The van der Waals surface area contributed by atoms with Crippen molar-refractivity contribution in [1.29, 1.82) is 0 Å². The molecule has 0 aliphatic carbocycles. The number of carbonyl (C=O) groups is 1.